The normalized spacial score (nSPS) is 22.0. The van der Waals surface area contributed by atoms with Gasteiger partial charge >= 0.3 is 0 Å². The van der Waals surface area contributed by atoms with Gasteiger partial charge < -0.3 is 10.2 Å². The Hall–Kier alpha value is -3.16. The number of sulfonamides is 1. The molecule has 1 fully saturated rings. The zero-order chi connectivity index (χ0) is 24.4. The van der Waals surface area contributed by atoms with E-state index in [-0.39, 0.29) is 22.9 Å². The van der Waals surface area contributed by atoms with E-state index in [2.05, 4.69) is 29.6 Å². The summed E-state index contributed by atoms with van der Waals surface area (Å²) in [5.41, 5.74) is 3.46. The number of hydrogen-bond donors (Lipinski definition) is 2. The number of nitrogens with zero attached hydrogens (tertiary/aromatic N) is 1. The van der Waals surface area contributed by atoms with Gasteiger partial charge in [0.15, 0.2) is 0 Å². The molecule has 6 nitrogen and oxygen atoms in total. The van der Waals surface area contributed by atoms with Crippen LogP contribution in [0.5, 0.6) is 0 Å². The molecule has 3 aromatic carbocycles. The van der Waals surface area contributed by atoms with Crippen LogP contribution < -0.4 is 14.5 Å². The average molecular weight is 491 g/mol. The standard InChI is InChI=1S/C28H31N3O3S/c1-21-18-23-10-5-6-13-27(23)31(21)35(33,34)26-12-7-11-24(19-26)28(32)29-25-14-16-30(17-15-25)20-22-8-3-2-4-9-22/h2-13,19,21,25H,14-18,20H2,1H3,(H,29,32)/p+1/t21-/m0/s1. The Balaban J connectivity index is 1.24. The van der Waals surface area contributed by atoms with Crippen molar-refractivity contribution in [2.45, 2.75) is 49.7 Å². The fourth-order valence-corrected chi connectivity index (χ4v) is 7.05. The van der Waals surface area contributed by atoms with Crippen LogP contribution in [-0.4, -0.2) is 39.5 Å². The average Bonchev–Trinajstić information content (AvgIpc) is 3.22. The molecule has 3 aromatic rings. The second kappa shape index (κ2) is 9.84. The Morgan fingerprint density at radius 1 is 0.971 bits per heavy atom. The molecule has 0 spiro atoms. The lowest BCUT2D eigenvalue weighted by molar-refractivity contribution is -0.918. The highest BCUT2D eigenvalue weighted by Crippen LogP contribution is 2.36. The Labute approximate surface area is 207 Å². The maximum absolute atomic E-state index is 13.6. The van der Waals surface area contributed by atoms with E-state index in [1.807, 2.05) is 37.3 Å². The lowest BCUT2D eigenvalue weighted by Gasteiger charge is -2.30. The van der Waals surface area contributed by atoms with Gasteiger partial charge in [0.05, 0.1) is 23.7 Å². The van der Waals surface area contributed by atoms with Crippen molar-refractivity contribution in [2.75, 3.05) is 17.4 Å². The molecule has 2 N–H and O–H groups in total. The second-order valence-electron chi connectivity index (χ2n) is 9.67. The van der Waals surface area contributed by atoms with Gasteiger partial charge in [-0.15, -0.1) is 0 Å². The van der Waals surface area contributed by atoms with Crippen molar-refractivity contribution < 1.29 is 18.1 Å². The largest absolute Gasteiger partial charge is 0.349 e. The van der Waals surface area contributed by atoms with E-state index >= 15 is 0 Å². The number of nitrogens with one attached hydrogen (secondary N) is 2. The van der Waals surface area contributed by atoms with E-state index in [1.165, 1.54) is 20.8 Å². The molecule has 1 amide bonds. The van der Waals surface area contributed by atoms with Gasteiger partial charge in [-0.05, 0) is 43.2 Å². The number of para-hydroxylation sites is 1. The van der Waals surface area contributed by atoms with Crippen LogP contribution in [0.25, 0.3) is 0 Å². The maximum Gasteiger partial charge on any atom is 0.264 e. The molecule has 35 heavy (non-hydrogen) atoms. The van der Waals surface area contributed by atoms with Crippen LogP contribution in [0, 0.1) is 0 Å². The topological polar surface area (TPSA) is 70.9 Å². The highest BCUT2D eigenvalue weighted by Gasteiger charge is 2.36. The van der Waals surface area contributed by atoms with Gasteiger partial charge in [0.1, 0.15) is 6.54 Å². The summed E-state index contributed by atoms with van der Waals surface area (Å²) in [5, 5.41) is 3.13. The van der Waals surface area contributed by atoms with Crippen LogP contribution >= 0.6 is 0 Å². The monoisotopic (exact) mass is 490 g/mol. The van der Waals surface area contributed by atoms with Gasteiger partial charge in [-0.1, -0.05) is 54.6 Å². The van der Waals surface area contributed by atoms with Crippen molar-refractivity contribution in [3.8, 4) is 0 Å². The van der Waals surface area contributed by atoms with Crippen molar-refractivity contribution in [3.05, 3.63) is 95.6 Å². The first-order valence-electron chi connectivity index (χ1n) is 12.3. The number of benzene rings is 3. The fraction of sp³-hybridized carbons (Fsp3) is 0.321. The summed E-state index contributed by atoms with van der Waals surface area (Å²) in [6.07, 6.45) is 2.50. The first-order chi connectivity index (χ1) is 16.9. The number of likely N-dealkylation sites (tertiary alicyclic amines) is 1. The van der Waals surface area contributed by atoms with Crippen LogP contribution in [0.2, 0.25) is 0 Å². The molecule has 2 aliphatic rings. The highest BCUT2D eigenvalue weighted by molar-refractivity contribution is 7.92. The number of quaternary nitrogens is 1. The maximum atomic E-state index is 13.6. The predicted molar refractivity (Wildman–Crippen MR) is 137 cm³/mol. The second-order valence-corrected chi connectivity index (χ2v) is 11.5. The molecule has 1 saturated heterocycles. The zero-order valence-electron chi connectivity index (χ0n) is 20.0. The minimum Gasteiger partial charge on any atom is -0.349 e. The van der Waals surface area contributed by atoms with E-state index in [4.69, 9.17) is 0 Å². The van der Waals surface area contributed by atoms with Crippen LogP contribution in [0.15, 0.2) is 83.8 Å². The molecule has 1 atom stereocenters. The Bertz CT molecular complexity index is 1300. The highest BCUT2D eigenvalue weighted by atomic mass is 32.2. The summed E-state index contributed by atoms with van der Waals surface area (Å²) < 4.78 is 28.6. The van der Waals surface area contributed by atoms with Crippen molar-refractivity contribution in [3.63, 3.8) is 0 Å². The Morgan fingerprint density at radius 2 is 1.69 bits per heavy atom. The van der Waals surface area contributed by atoms with Crippen molar-refractivity contribution in [2.24, 2.45) is 0 Å². The summed E-state index contributed by atoms with van der Waals surface area (Å²) in [6, 6.07) is 24.4. The summed E-state index contributed by atoms with van der Waals surface area (Å²) in [7, 11) is -3.78. The SMILES string of the molecule is C[C@H]1Cc2ccccc2N1S(=O)(=O)c1cccc(C(=O)NC2CC[NH+](Cc3ccccc3)CC2)c1. The van der Waals surface area contributed by atoms with E-state index < -0.39 is 10.0 Å². The van der Waals surface area contributed by atoms with Crippen molar-refractivity contribution >= 4 is 21.6 Å². The van der Waals surface area contributed by atoms with Gasteiger partial charge in [0.2, 0.25) is 0 Å². The van der Waals surface area contributed by atoms with Crippen molar-refractivity contribution in [1.82, 2.24) is 5.32 Å². The molecule has 0 bridgehead atoms. The minimum absolute atomic E-state index is 0.104. The molecule has 0 radical (unpaired) electrons. The first-order valence-corrected chi connectivity index (χ1v) is 13.8. The third-order valence-corrected chi connectivity index (χ3v) is 9.05. The molecule has 0 unspecified atom stereocenters. The number of fused-ring (bicyclic) bond motifs is 1. The number of amides is 1. The summed E-state index contributed by atoms with van der Waals surface area (Å²) in [4.78, 5) is 14.7. The summed E-state index contributed by atoms with van der Waals surface area (Å²) >= 11 is 0. The van der Waals surface area contributed by atoms with Crippen LogP contribution in [0.4, 0.5) is 5.69 Å². The van der Waals surface area contributed by atoms with Gasteiger partial charge in [-0.25, -0.2) is 8.42 Å². The summed E-state index contributed by atoms with van der Waals surface area (Å²) in [5.74, 6) is -0.214. The first kappa shape index (κ1) is 23.6. The van der Waals surface area contributed by atoms with Gasteiger partial charge in [0, 0.05) is 36.1 Å². The van der Waals surface area contributed by atoms with Gasteiger partial charge in [0.25, 0.3) is 15.9 Å². The fourth-order valence-electron chi connectivity index (χ4n) is 5.32. The van der Waals surface area contributed by atoms with Crippen LogP contribution in [-0.2, 0) is 23.0 Å². The number of carbonyl (C=O) groups excluding carboxylic acids is 1. The Morgan fingerprint density at radius 3 is 2.46 bits per heavy atom. The van der Waals surface area contributed by atoms with Crippen molar-refractivity contribution in [1.29, 1.82) is 0 Å². The smallest absolute Gasteiger partial charge is 0.264 e. The Kier molecular flexibility index (Phi) is 6.62. The molecule has 7 heteroatoms. The van der Waals surface area contributed by atoms with Gasteiger partial charge in [-0.3, -0.25) is 9.10 Å². The lowest BCUT2D eigenvalue weighted by atomic mass is 10.0. The molecule has 0 aromatic heterocycles. The van der Waals surface area contributed by atoms with E-state index in [1.54, 1.807) is 18.2 Å². The lowest BCUT2D eigenvalue weighted by Crippen LogP contribution is -3.12. The van der Waals surface area contributed by atoms with E-state index in [9.17, 15) is 13.2 Å². The third kappa shape index (κ3) is 4.97. The van der Waals surface area contributed by atoms with Crippen LogP contribution in [0.1, 0.15) is 41.3 Å². The quantitative estimate of drug-likeness (QED) is 0.558. The molecule has 2 aliphatic heterocycles. The zero-order valence-corrected chi connectivity index (χ0v) is 20.8. The van der Waals surface area contributed by atoms with Crippen LogP contribution in [0.3, 0.4) is 0 Å². The van der Waals surface area contributed by atoms with E-state index in [0.717, 1.165) is 43.7 Å². The number of hydrogen-bond acceptors (Lipinski definition) is 3. The van der Waals surface area contributed by atoms with E-state index in [0.29, 0.717) is 12.0 Å². The molecular weight excluding hydrogens is 458 g/mol. The minimum atomic E-state index is -3.78. The number of carbonyl (C=O) groups is 1. The molecule has 5 rings (SSSR count). The number of piperidine rings is 1. The number of rotatable bonds is 6. The molecule has 0 aliphatic carbocycles. The molecule has 2 heterocycles. The molecular formula is C28H32N3O3S+. The third-order valence-electron chi connectivity index (χ3n) is 7.12. The number of anilines is 1. The summed E-state index contributed by atoms with van der Waals surface area (Å²) in [6.45, 7) is 4.92. The predicted octanol–water partition coefficient (Wildman–Crippen LogP) is 2.80. The molecule has 0 saturated carbocycles. The molecule has 182 valence electrons. The van der Waals surface area contributed by atoms with Gasteiger partial charge in [-0.2, -0.15) is 0 Å².